The van der Waals surface area contributed by atoms with Gasteiger partial charge in [-0.05, 0) is 36.4 Å². The molecule has 2 aromatic carbocycles. The van der Waals surface area contributed by atoms with Gasteiger partial charge in [-0.25, -0.2) is 9.55 Å². The van der Waals surface area contributed by atoms with Crippen LogP contribution in [0.25, 0.3) is 22.4 Å². The fraction of sp³-hybridized carbons (Fsp3) is 0.0625. The van der Waals surface area contributed by atoms with Gasteiger partial charge in [0.05, 0.1) is 5.56 Å². The number of para-hydroxylation sites is 2. The molecule has 0 saturated heterocycles. The van der Waals surface area contributed by atoms with E-state index in [9.17, 15) is 0 Å². The molecule has 94 valence electrons. The molecule has 0 atom stereocenters. The van der Waals surface area contributed by atoms with Crippen molar-refractivity contribution in [3.8, 4) is 11.4 Å². The first kappa shape index (κ1) is 12.2. The van der Waals surface area contributed by atoms with Crippen LogP contribution in [-0.2, 0) is 6.54 Å². The predicted molar refractivity (Wildman–Crippen MR) is 81.8 cm³/mol. The second kappa shape index (κ2) is 5.02. The van der Waals surface area contributed by atoms with E-state index < -0.39 is 0 Å². The number of imidazole rings is 1. The maximum Gasteiger partial charge on any atom is 0.287 e. The summed E-state index contributed by atoms with van der Waals surface area (Å²) < 4.78 is 3.33. The second-order valence-electron chi connectivity index (χ2n) is 4.40. The van der Waals surface area contributed by atoms with Crippen molar-refractivity contribution in [1.29, 1.82) is 0 Å². The molecule has 0 amide bonds. The zero-order valence-electron chi connectivity index (χ0n) is 10.4. The normalized spacial score (nSPS) is 10.8. The molecule has 0 aliphatic heterocycles. The van der Waals surface area contributed by atoms with E-state index in [0.29, 0.717) is 0 Å². The first-order valence-corrected chi connectivity index (χ1v) is 6.96. The fourth-order valence-corrected chi connectivity index (χ4v) is 2.55. The van der Waals surface area contributed by atoms with Gasteiger partial charge in [0.2, 0.25) is 0 Å². The number of hydrogen-bond donors (Lipinski definition) is 1. The van der Waals surface area contributed by atoms with Crippen LogP contribution in [0.15, 0.2) is 65.7 Å². The lowest BCUT2D eigenvalue weighted by molar-refractivity contribution is -0.649. The Labute approximate surface area is 120 Å². The predicted octanol–water partition coefficient (Wildman–Crippen LogP) is 4.07. The quantitative estimate of drug-likeness (QED) is 0.555. The third kappa shape index (κ3) is 2.22. The lowest BCUT2D eigenvalue weighted by Crippen LogP contribution is -2.33. The molecule has 3 rings (SSSR count). The van der Waals surface area contributed by atoms with E-state index in [1.54, 1.807) is 0 Å². The van der Waals surface area contributed by atoms with Crippen molar-refractivity contribution in [2.45, 2.75) is 6.54 Å². The molecule has 0 aliphatic carbocycles. The van der Waals surface area contributed by atoms with Crippen LogP contribution in [-0.4, -0.2) is 4.98 Å². The fourth-order valence-electron chi connectivity index (χ4n) is 2.28. The van der Waals surface area contributed by atoms with Gasteiger partial charge in [-0.3, -0.25) is 0 Å². The van der Waals surface area contributed by atoms with Gasteiger partial charge in [0.25, 0.3) is 5.82 Å². The summed E-state index contributed by atoms with van der Waals surface area (Å²) in [6.45, 7) is 4.64. The summed E-state index contributed by atoms with van der Waals surface area (Å²) in [5, 5.41) is 0. The van der Waals surface area contributed by atoms with Crippen molar-refractivity contribution in [3.05, 3.63) is 65.7 Å². The van der Waals surface area contributed by atoms with Crippen molar-refractivity contribution in [2.75, 3.05) is 0 Å². The summed E-state index contributed by atoms with van der Waals surface area (Å²) in [4.78, 5) is 3.48. The molecular formula is C16H14BrN2+. The Hall–Kier alpha value is -1.87. The number of benzene rings is 2. The molecule has 0 spiro atoms. The highest BCUT2D eigenvalue weighted by molar-refractivity contribution is 9.10. The van der Waals surface area contributed by atoms with Crippen molar-refractivity contribution in [2.24, 2.45) is 0 Å². The molecule has 3 aromatic rings. The van der Waals surface area contributed by atoms with Crippen LogP contribution in [0.4, 0.5) is 0 Å². The summed E-state index contributed by atoms with van der Waals surface area (Å²) >= 11 is 3.47. The highest BCUT2D eigenvalue weighted by Crippen LogP contribution is 2.21. The lowest BCUT2D eigenvalue weighted by Gasteiger charge is -1.99. The van der Waals surface area contributed by atoms with Gasteiger partial charge < -0.3 is 0 Å². The van der Waals surface area contributed by atoms with Crippen LogP contribution in [0.3, 0.4) is 0 Å². The summed E-state index contributed by atoms with van der Waals surface area (Å²) in [7, 11) is 0. The average molecular weight is 314 g/mol. The minimum atomic E-state index is 0.787. The number of aromatic amines is 1. The van der Waals surface area contributed by atoms with Gasteiger partial charge in [0.15, 0.2) is 11.0 Å². The smallest absolute Gasteiger partial charge is 0.236 e. The Morgan fingerprint density at radius 1 is 1.11 bits per heavy atom. The summed E-state index contributed by atoms with van der Waals surface area (Å²) in [6, 6.07) is 16.6. The molecule has 1 N–H and O–H groups in total. The molecule has 0 radical (unpaired) electrons. The van der Waals surface area contributed by atoms with Crippen LogP contribution in [0, 0.1) is 0 Å². The zero-order valence-corrected chi connectivity index (χ0v) is 12.0. The van der Waals surface area contributed by atoms with E-state index in [2.05, 4.69) is 74.5 Å². The largest absolute Gasteiger partial charge is 0.287 e. The Bertz CT molecular complexity index is 726. The summed E-state index contributed by atoms with van der Waals surface area (Å²) in [5.41, 5.74) is 3.50. The van der Waals surface area contributed by atoms with E-state index in [-0.39, 0.29) is 0 Å². The number of aromatic nitrogens is 2. The monoisotopic (exact) mass is 313 g/mol. The zero-order chi connectivity index (χ0) is 13.2. The van der Waals surface area contributed by atoms with Crippen molar-refractivity contribution in [1.82, 2.24) is 4.98 Å². The van der Waals surface area contributed by atoms with Crippen LogP contribution >= 0.6 is 15.9 Å². The Balaban J connectivity index is 2.24. The van der Waals surface area contributed by atoms with E-state index >= 15 is 0 Å². The van der Waals surface area contributed by atoms with Crippen LogP contribution < -0.4 is 4.57 Å². The molecule has 3 heteroatoms. The van der Waals surface area contributed by atoms with E-state index in [1.165, 1.54) is 11.1 Å². The number of fused-ring (bicyclic) bond motifs is 1. The molecule has 0 bridgehead atoms. The molecule has 1 aromatic heterocycles. The first-order valence-electron chi connectivity index (χ1n) is 6.17. The number of hydrogen-bond acceptors (Lipinski definition) is 0. The maximum atomic E-state index is 3.85. The van der Waals surface area contributed by atoms with Gasteiger partial charge in [-0.2, -0.15) is 0 Å². The number of allylic oxidation sites excluding steroid dienone is 1. The summed E-state index contributed by atoms with van der Waals surface area (Å²) in [5.74, 6) is 1.11. The number of rotatable bonds is 3. The molecular weight excluding hydrogens is 300 g/mol. The lowest BCUT2D eigenvalue weighted by atomic mass is 10.2. The Morgan fingerprint density at radius 3 is 2.58 bits per heavy atom. The molecule has 2 nitrogen and oxygen atoms in total. The molecule has 0 fully saturated rings. The number of H-pyrrole nitrogens is 1. The van der Waals surface area contributed by atoms with Crippen molar-refractivity contribution >= 4 is 27.0 Å². The minimum Gasteiger partial charge on any atom is -0.236 e. The Kier molecular flexibility index (Phi) is 3.22. The van der Waals surface area contributed by atoms with Gasteiger partial charge in [-0.1, -0.05) is 40.7 Å². The highest BCUT2D eigenvalue weighted by atomic mass is 79.9. The SMILES string of the molecule is C=CC[n+]1c(-c2ccc(Br)cc2)[nH]c2ccccc21. The maximum absolute atomic E-state index is 3.85. The molecule has 0 aliphatic rings. The highest BCUT2D eigenvalue weighted by Gasteiger charge is 2.18. The number of nitrogens with one attached hydrogen (secondary N) is 1. The third-order valence-corrected chi connectivity index (χ3v) is 3.68. The second-order valence-corrected chi connectivity index (χ2v) is 5.31. The van der Waals surface area contributed by atoms with E-state index in [4.69, 9.17) is 0 Å². The summed E-state index contributed by atoms with van der Waals surface area (Å²) in [6.07, 6.45) is 1.92. The average Bonchev–Trinajstić information content (AvgIpc) is 2.79. The standard InChI is InChI=1S/C16H13BrN2/c1-2-11-19-15-6-4-3-5-14(15)18-16(19)12-7-9-13(17)10-8-12/h2-10H,1,11H2/p+1. The van der Waals surface area contributed by atoms with Gasteiger partial charge in [0.1, 0.15) is 6.54 Å². The molecule has 0 unspecified atom stereocenters. The minimum absolute atomic E-state index is 0.787. The van der Waals surface area contributed by atoms with Crippen LogP contribution in [0.1, 0.15) is 0 Å². The van der Waals surface area contributed by atoms with Crippen LogP contribution in [0.5, 0.6) is 0 Å². The number of nitrogens with zero attached hydrogens (tertiary/aromatic N) is 1. The first-order chi connectivity index (χ1) is 9.29. The molecule has 19 heavy (non-hydrogen) atoms. The van der Waals surface area contributed by atoms with Gasteiger partial charge in [-0.15, -0.1) is 0 Å². The van der Waals surface area contributed by atoms with Crippen molar-refractivity contribution in [3.63, 3.8) is 0 Å². The topological polar surface area (TPSA) is 19.7 Å². The van der Waals surface area contributed by atoms with Gasteiger partial charge in [0, 0.05) is 4.47 Å². The number of halogens is 1. The van der Waals surface area contributed by atoms with E-state index in [1.807, 2.05) is 12.1 Å². The van der Waals surface area contributed by atoms with E-state index in [0.717, 1.165) is 22.4 Å². The van der Waals surface area contributed by atoms with Crippen molar-refractivity contribution < 1.29 is 4.57 Å². The van der Waals surface area contributed by atoms with Gasteiger partial charge >= 0.3 is 0 Å². The molecule has 0 saturated carbocycles. The Morgan fingerprint density at radius 2 is 1.84 bits per heavy atom. The molecule has 1 heterocycles. The van der Waals surface area contributed by atoms with Crippen LogP contribution in [0.2, 0.25) is 0 Å². The third-order valence-electron chi connectivity index (χ3n) is 3.15.